The average Bonchev–Trinajstić information content (AvgIpc) is 2.94. The van der Waals surface area contributed by atoms with E-state index in [2.05, 4.69) is 0 Å². The summed E-state index contributed by atoms with van der Waals surface area (Å²) in [5, 5.41) is 10.9. The summed E-state index contributed by atoms with van der Waals surface area (Å²) in [7, 11) is 0. The molecule has 0 saturated carbocycles. The molecule has 0 radical (unpaired) electrons. The second-order valence-corrected chi connectivity index (χ2v) is 4.34. The lowest BCUT2D eigenvalue weighted by molar-refractivity contribution is 0.0658. The van der Waals surface area contributed by atoms with E-state index in [9.17, 15) is 4.79 Å². The minimum atomic E-state index is -1.08. The summed E-state index contributed by atoms with van der Waals surface area (Å²) >= 11 is 0. The van der Waals surface area contributed by atoms with Crippen LogP contribution in [0.25, 0.3) is 10.8 Å². The maximum atomic E-state index is 10.7. The lowest BCUT2D eigenvalue weighted by atomic mass is 10.1. The quantitative estimate of drug-likeness (QED) is 0.783. The molecule has 1 N–H and O–H groups in total. The van der Waals surface area contributed by atoms with Crippen molar-refractivity contribution in [3.63, 3.8) is 0 Å². The first-order valence-corrected chi connectivity index (χ1v) is 6.16. The molecule has 0 aliphatic carbocycles. The molecule has 0 aliphatic rings. The molecular formula is C16H12O4. The van der Waals surface area contributed by atoms with Crippen LogP contribution in [0.4, 0.5) is 0 Å². The molecule has 0 saturated heterocycles. The van der Waals surface area contributed by atoms with E-state index in [1.165, 1.54) is 6.07 Å². The molecule has 1 heterocycles. The van der Waals surface area contributed by atoms with Crippen LogP contribution in [0, 0.1) is 0 Å². The first kappa shape index (κ1) is 12.3. The lowest BCUT2D eigenvalue weighted by Crippen LogP contribution is -1.95. The predicted molar refractivity (Wildman–Crippen MR) is 73.9 cm³/mol. The van der Waals surface area contributed by atoms with Gasteiger partial charge in [-0.05, 0) is 23.6 Å². The highest BCUT2D eigenvalue weighted by Gasteiger charge is 2.09. The van der Waals surface area contributed by atoms with Crippen molar-refractivity contribution >= 4 is 16.7 Å². The zero-order chi connectivity index (χ0) is 13.9. The maximum Gasteiger partial charge on any atom is 0.371 e. The van der Waals surface area contributed by atoms with Crippen LogP contribution in [0.3, 0.4) is 0 Å². The van der Waals surface area contributed by atoms with E-state index in [1.807, 2.05) is 42.5 Å². The minimum absolute atomic E-state index is 0.0819. The van der Waals surface area contributed by atoms with Crippen LogP contribution in [0.1, 0.15) is 16.3 Å². The van der Waals surface area contributed by atoms with Crippen LogP contribution in [-0.4, -0.2) is 11.1 Å². The Morgan fingerprint density at radius 1 is 1.05 bits per heavy atom. The third-order valence-electron chi connectivity index (χ3n) is 2.99. The van der Waals surface area contributed by atoms with E-state index in [1.54, 1.807) is 6.07 Å². The fraction of sp³-hybridized carbons (Fsp3) is 0.0625. The molecular weight excluding hydrogens is 256 g/mol. The van der Waals surface area contributed by atoms with Crippen LogP contribution < -0.4 is 4.74 Å². The number of hydrogen-bond donors (Lipinski definition) is 1. The SMILES string of the molecule is O=C(O)c1ccc(COc2cccc3ccccc23)o1. The Morgan fingerprint density at radius 3 is 2.65 bits per heavy atom. The molecule has 4 heteroatoms. The van der Waals surface area contributed by atoms with Gasteiger partial charge in [-0.25, -0.2) is 4.79 Å². The van der Waals surface area contributed by atoms with Crippen molar-refractivity contribution in [2.24, 2.45) is 0 Å². The van der Waals surface area contributed by atoms with E-state index in [4.69, 9.17) is 14.3 Å². The number of rotatable bonds is 4. The zero-order valence-corrected chi connectivity index (χ0v) is 10.6. The Kier molecular flexibility index (Phi) is 3.13. The van der Waals surface area contributed by atoms with Crippen molar-refractivity contribution in [2.75, 3.05) is 0 Å². The van der Waals surface area contributed by atoms with Crippen molar-refractivity contribution in [1.29, 1.82) is 0 Å². The Bertz CT molecular complexity index is 753. The van der Waals surface area contributed by atoms with E-state index in [0.29, 0.717) is 5.76 Å². The van der Waals surface area contributed by atoms with Crippen molar-refractivity contribution in [2.45, 2.75) is 6.61 Å². The number of ether oxygens (including phenoxy) is 1. The Hall–Kier alpha value is -2.75. The number of hydrogen-bond acceptors (Lipinski definition) is 3. The van der Waals surface area contributed by atoms with Gasteiger partial charge in [-0.2, -0.15) is 0 Å². The topological polar surface area (TPSA) is 59.7 Å². The first-order chi connectivity index (χ1) is 9.74. The monoisotopic (exact) mass is 268 g/mol. The van der Waals surface area contributed by atoms with Gasteiger partial charge >= 0.3 is 5.97 Å². The Balaban J connectivity index is 1.81. The first-order valence-electron chi connectivity index (χ1n) is 6.16. The van der Waals surface area contributed by atoms with Gasteiger partial charge in [-0.3, -0.25) is 0 Å². The summed E-state index contributed by atoms with van der Waals surface area (Å²) in [6.07, 6.45) is 0. The number of benzene rings is 2. The number of furan rings is 1. The molecule has 3 aromatic rings. The smallest absolute Gasteiger partial charge is 0.371 e. The molecule has 100 valence electrons. The van der Waals surface area contributed by atoms with Gasteiger partial charge in [0.05, 0.1) is 0 Å². The van der Waals surface area contributed by atoms with E-state index >= 15 is 0 Å². The molecule has 1 aromatic heterocycles. The molecule has 0 aliphatic heterocycles. The van der Waals surface area contributed by atoms with Crippen LogP contribution in [0.2, 0.25) is 0 Å². The highest BCUT2D eigenvalue weighted by atomic mass is 16.5. The predicted octanol–water partition coefficient (Wildman–Crippen LogP) is 3.71. The summed E-state index contributed by atoms with van der Waals surface area (Å²) in [5.41, 5.74) is 0. The van der Waals surface area contributed by atoms with Gasteiger partial charge in [-0.1, -0.05) is 36.4 Å². The van der Waals surface area contributed by atoms with Crippen LogP contribution in [-0.2, 0) is 6.61 Å². The molecule has 3 rings (SSSR count). The summed E-state index contributed by atoms with van der Waals surface area (Å²) in [4.78, 5) is 10.7. The summed E-state index contributed by atoms with van der Waals surface area (Å²) in [6, 6.07) is 16.7. The van der Waals surface area contributed by atoms with Gasteiger partial charge in [0.2, 0.25) is 5.76 Å². The normalized spacial score (nSPS) is 10.6. The van der Waals surface area contributed by atoms with Gasteiger partial charge in [0.25, 0.3) is 0 Å². The molecule has 0 spiro atoms. The maximum absolute atomic E-state index is 10.7. The van der Waals surface area contributed by atoms with Crippen LogP contribution in [0.15, 0.2) is 59.0 Å². The largest absolute Gasteiger partial charge is 0.485 e. The number of carbonyl (C=O) groups is 1. The molecule has 0 unspecified atom stereocenters. The van der Waals surface area contributed by atoms with E-state index in [-0.39, 0.29) is 12.4 Å². The molecule has 20 heavy (non-hydrogen) atoms. The molecule has 2 aromatic carbocycles. The van der Waals surface area contributed by atoms with E-state index < -0.39 is 5.97 Å². The Morgan fingerprint density at radius 2 is 1.85 bits per heavy atom. The van der Waals surface area contributed by atoms with Crippen LogP contribution in [0.5, 0.6) is 5.75 Å². The van der Waals surface area contributed by atoms with Crippen molar-refractivity contribution in [3.05, 3.63) is 66.1 Å². The standard InChI is InChI=1S/C16H12O4/c17-16(18)15-9-8-12(20-15)10-19-14-7-3-5-11-4-1-2-6-13(11)14/h1-9H,10H2,(H,17,18). The molecule has 4 nitrogen and oxygen atoms in total. The number of carboxylic acid groups (broad SMARTS) is 1. The molecule has 0 amide bonds. The van der Waals surface area contributed by atoms with Crippen molar-refractivity contribution in [1.82, 2.24) is 0 Å². The fourth-order valence-corrected chi connectivity index (χ4v) is 2.04. The highest BCUT2D eigenvalue weighted by molar-refractivity contribution is 5.88. The fourth-order valence-electron chi connectivity index (χ4n) is 2.04. The molecule has 0 bridgehead atoms. The number of fused-ring (bicyclic) bond motifs is 1. The number of aromatic carboxylic acids is 1. The summed E-state index contributed by atoms with van der Waals surface area (Å²) < 4.78 is 10.9. The second kappa shape index (κ2) is 5.09. The van der Waals surface area contributed by atoms with Crippen molar-refractivity contribution in [3.8, 4) is 5.75 Å². The highest BCUT2D eigenvalue weighted by Crippen LogP contribution is 2.26. The third kappa shape index (κ3) is 2.36. The summed E-state index contributed by atoms with van der Waals surface area (Å²) in [5.74, 6) is 0.0645. The summed E-state index contributed by atoms with van der Waals surface area (Å²) in [6.45, 7) is 0.196. The van der Waals surface area contributed by atoms with Crippen LogP contribution >= 0.6 is 0 Å². The number of carboxylic acids is 1. The molecule has 0 atom stereocenters. The van der Waals surface area contributed by atoms with E-state index in [0.717, 1.165) is 16.5 Å². The average molecular weight is 268 g/mol. The lowest BCUT2D eigenvalue weighted by Gasteiger charge is -2.07. The third-order valence-corrected chi connectivity index (χ3v) is 2.99. The van der Waals surface area contributed by atoms with Crippen molar-refractivity contribution < 1.29 is 19.1 Å². The minimum Gasteiger partial charge on any atom is -0.485 e. The zero-order valence-electron chi connectivity index (χ0n) is 10.6. The van der Waals surface area contributed by atoms with Gasteiger partial charge in [0.1, 0.15) is 18.1 Å². The van der Waals surface area contributed by atoms with Gasteiger partial charge in [-0.15, -0.1) is 0 Å². The van der Waals surface area contributed by atoms with Gasteiger partial charge in [0, 0.05) is 5.39 Å². The van der Waals surface area contributed by atoms with Gasteiger partial charge in [0.15, 0.2) is 0 Å². The Labute approximate surface area is 115 Å². The second-order valence-electron chi connectivity index (χ2n) is 4.34. The molecule has 0 fully saturated rings. The van der Waals surface area contributed by atoms with Gasteiger partial charge < -0.3 is 14.3 Å².